The summed E-state index contributed by atoms with van der Waals surface area (Å²) < 4.78 is 10.1. The van der Waals surface area contributed by atoms with Gasteiger partial charge in [-0.25, -0.2) is 4.39 Å². The Morgan fingerprint density at radius 3 is 1.50 bits per heavy atom. The molecule has 0 bridgehead atoms. The average molecular weight is 153 g/mol. The maximum absolute atomic E-state index is 10.1. The molecule has 0 amide bonds. The molecular weight excluding hydrogens is 147 g/mol. The second-order valence-electron chi connectivity index (χ2n) is 0.309. The standard InChI is InChI=1S/C2H3Br.C2H3F/c2*1-2-3/h2*2H,1H2. The lowest BCUT2D eigenvalue weighted by Gasteiger charge is -1.28. The molecule has 0 saturated heterocycles. The summed E-state index contributed by atoms with van der Waals surface area (Å²) in [5, 5.41) is 0. The highest BCUT2D eigenvalue weighted by atomic mass is 79.9. The summed E-state index contributed by atoms with van der Waals surface area (Å²) in [7, 11) is 0. The van der Waals surface area contributed by atoms with Gasteiger partial charge in [0, 0.05) is 0 Å². The summed E-state index contributed by atoms with van der Waals surface area (Å²) in [6.07, 6.45) is 0.250. The fraction of sp³-hybridized carbons (Fsp3) is 0. The SMILES string of the molecule is C=CBr.C=CF. The van der Waals surface area contributed by atoms with Crippen molar-refractivity contribution in [1.82, 2.24) is 0 Å². The van der Waals surface area contributed by atoms with Gasteiger partial charge in [-0.3, -0.25) is 0 Å². The number of rotatable bonds is 0. The quantitative estimate of drug-likeness (QED) is 0.501. The summed E-state index contributed by atoms with van der Waals surface area (Å²) in [6, 6.07) is 0. The van der Waals surface area contributed by atoms with E-state index >= 15 is 0 Å². The van der Waals surface area contributed by atoms with Gasteiger partial charge < -0.3 is 0 Å². The Hall–Kier alpha value is -0.110. The zero-order chi connectivity index (χ0) is 5.41. The third-order valence-corrected chi connectivity index (χ3v) is 0. The normalized spacial score (nSPS) is 4.33. The smallest absolute Gasteiger partial charge is 0.0795 e. The minimum atomic E-state index is 0.250. The zero-order valence-corrected chi connectivity index (χ0v) is 4.91. The lowest BCUT2D eigenvalue weighted by atomic mass is 11.2. The van der Waals surface area contributed by atoms with Crippen LogP contribution < -0.4 is 0 Å². The van der Waals surface area contributed by atoms with Crippen molar-refractivity contribution in [1.29, 1.82) is 0 Å². The van der Waals surface area contributed by atoms with Gasteiger partial charge in [-0.15, -0.1) is 0 Å². The van der Waals surface area contributed by atoms with Crippen LogP contribution in [0.1, 0.15) is 0 Å². The molecule has 0 saturated carbocycles. The van der Waals surface area contributed by atoms with E-state index in [2.05, 4.69) is 29.1 Å². The van der Waals surface area contributed by atoms with Crippen LogP contribution in [0.5, 0.6) is 0 Å². The van der Waals surface area contributed by atoms with Crippen molar-refractivity contribution in [3.8, 4) is 0 Å². The summed E-state index contributed by atoms with van der Waals surface area (Å²) in [5.74, 6) is 0. The third kappa shape index (κ3) is 2690. The highest BCUT2D eigenvalue weighted by molar-refractivity contribution is 9.11. The van der Waals surface area contributed by atoms with Crippen LogP contribution in [-0.2, 0) is 0 Å². The Bertz CT molecular complexity index is 28.5. The molecule has 0 aromatic rings. The average Bonchev–Trinajstić information content (AvgIpc) is 1.39. The van der Waals surface area contributed by atoms with Crippen LogP contribution in [0.3, 0.4) is 0 Å². The first-order valence-corrected chi connectivity index (χ1v) is 2.17. The highest BCUT2D eigenvalue weighted by Gasteiger charge is 1.19. The molecule has 0 fully saturated rings. The van der Waals surface area contributed by atoms with E-state index in [9.17, 15) is 4.39 Å². The molecule has 0 unspecified atom stereocenters. The molecule has 0 N–H and O–H groups in total. The van der Waals surface area contributed by atoms with Crippen LogP contribution in [0.2, 0.25) is 0 Å². The van der Waals surface area contributed by atoms with Gasteiger partial charge in [0.1, 0.15) is 0 Å². The maximum Gasteiger partial charge on any atom is 0.0795 e. The minimum Gasteiger partial charge on any atom is -0.216 e. The predicted molar refractivity (Wildman–Crippen MR) is 30.4 cm³/mol. The van der Waals surface area contributed by atoms with Gasteiger partial charge in [0.2, 0.25) is 0 Å². The third-order valence-electron chi connectivity index (χ3n) is 0. The van der Waals surface area contributed by atoms with Gasteiger partial charge in [0.05, 0.1) is 6.33 Å². The molecule has 0 atom stereocenters. The second-order valence-corrected chi connectivity index (χ2v) is 0.956. The summed E-state index contributed by atoms with van der Waals surface area (Å²) >= 11 is 2.91. The molecule has 0 aromatic heterocycles. The highest BCUT2D eigenvalue weighted by Crippen LogP contribution is 1.68. The van der Waals surface area contributed by atoms with Gasteiger partial charge in [0.15, 0.2) is 0 Å². The Morgan fingerprint density at radius 2 is 1.50 bits per heavy atom. The summed E-state index contributed by atoms with van der Waals surface area (Å²) in [4.78, 5) is 1.56. The molecule has 0 aliphatic heterocycles. The monoisotopic (exact) mass is 152 g/mol. The van der Waals surface area contributed by atoms with Crippen molar-refractivity contribution >= 4 is 15.9 Å². The number of halogens is 2. The van der Waals surface area contributed by atoms with E-state index in [0.29, 0.717) is 0 Å². The number of hydrogen-bond acceptors (Lipinski definition) is 0. The van der Waals surface area contributed by atoms with Crippen LogP contribution in [-0.4, -0.2) is 0 Å². The molecule has 0 nitrogen and oxygen atoms in total. The Morgan fingerprint density at radius 1 is 1.50 bits per heavy atom. The molecule has 6 heavy (non-hydrogen) atoms. The van der Waals surface area contributed by atoms with E-state index in [-0.39, 0.29) is 6.33 Å². The largest absolute Gasteiger partial charge is 0.216 e. The van der Waals surface area contributed by atoms with E-state index in [0.717, 1.165) is 0 Å². The molecule has 0 aliphatic carbocycles. The molecule has 0 spiro atoms. The van der Waals surface area contributed by atoms with Gasteiger partial charge in [-0.2, -0.15) is 0 Å². The Balaban J connectivity index is 0. The molecule has 2 heteroatoms. The lowest BCUT2D eigenvalue weighted by Crippen LogP contribution is -0.990. The maximum atomic E-state index is 10.1. The van der Waals surface area contributed by atoms with E-state index < -0.39 is 0 Å². The van der Waals surface area contributed by atoms with Crippen molar-refractivity contribution in [2.75, 3.05) is 0 Å². The minimum absolute atomic E-state index is 0.250. The predicted octanol–water partition coefficient (Wildman–Crippen LogP) is 2.62. The van der Waals surface area contributed by atoms with E-state index in [1.807, 2.05) is 0 Å². The van der Waals surface area contributed by atoms with Crippen LogP contribution in [0, 0.1) is 0 Å². The molecule has 0 rings (SSSR count). The van der Waals surface area contributed by atoms with E-state index in [1.165, 1.54) is 0 Å². The number of hydrogen-bond donors (Lipinski definition) is 0. The molecule has 0 aliphatic rings. The molecule has 0 radical (unpaired) electrons. The first kappa shape index (κ1) is 9.31. The molecular formula is C4H6BrF. The molecule has 0 aromatic carbocycles. The van der Waals surface area contributed by atoms with Crippen molar-refractivity contribution in [3.63, 3.8) is 0 Å². The van der Waals surface area contributed by atoms with E-state index in [1.54, 1.807) is 4.99 Å². The fourth-order valence-corrected chi connectivity index (χ4v) is 0. The van der Waals surface area contributed by atoms with Crippen molar-refractivity contribution in [2.45, 2.75) is 0 Å². The second kappa shape index (κ2) is 20.7. The van der Waals surface area contributed by atoms with Crippen LogP contribution in [0.15, 0.2) is 24.5 Å². The topological polar surface area (TPSA) is 0 Å². The van der Waals surface area contributed by atoms with Crippen molar-refractivity contribution in [3.05, 3.63) is 24.5 Å². The first-order valence-electron chi connectivity index (χ1n) is 1.25. The Kier molecular flexibility index (Phi) is 32.1. The van der Waals surface area contributed by atoms with Gasteiger partial charge in [0.25, 0.3) is 0 Å². The Labute approximate surface area is 45.5 Å². The van der Waals surface area contributed by atoms with Crippen LogP contribution >= 0.6 is 15.9 Å². The van der Waals surface area contributed by atoms with Crippen LogP contribution in [0.25, 0.3) is 0 Å². The molecule has 0 heterocycles. The van der Waals surface area contributed by atoms with Gasteiger partial charge in [-0.05, 0) is 4.99 Å². The van der Waals surface area contributed by atoms with Crippen LogP contribution in [0.4, 0.5) is 4.39 Å². The summed E-state index contributed by atoms with van der Waals surface area (Å²) in [5.41, 5.74) is 0. The van der Waals surface area contributed by atoms with E-state index in [4.69, 9.17) is 0 Å². The summed E-state index contributed by atoms with van der Waals surface area (Å²) in [6.45, 7) is 5.97. The van der Waals surface area contributed by atoms with Crippen molar-refractivity contribution < 1.29 is 4.39 Å². The lowest BCUT2D eigenvalue weighted by molar-refractivity contribution is 0.725. The van der Waals surface area contributed by atoms with Gasteiger partial charge >= 0.3 is 0 Å². The fourth-order valence-electron chi connectivity index (χ4n) is 0. The first-order chi connectivity index (χ1) is 2.83. The molecule has 36 valence electrons. The van der Waals surface area contributed by atoms with Gasteiger partial charge in [-0.1, -0.05) is 29.1 Å². The zero-order valence-electron chi connectivity index (χ0n) is 3.32. The van der Waals surface area contributed by atoms with Crippen molar-refractivity contribution in [2.24, 2.45) is 0 Å².